The van der Waals surface area contributed by atoms with Gasteiger partial charge in [-0.15, -0.1) is 5.10 Å². The molecule has 1 aromatic rings. The Morgan fingerprint density at radius 2 is 1.90 bits per heavy atom. The summed E-state index contributed by atoms with van der Waals surface area (Å²) < 4.78 is 46.2. The van der Waals surface area contributed by atoms with Gasteiger partial charge < -0.3 is 0 Å². The molecule has 10 heavy (non-hydrogen) atoms. The molecule has 8 heteroatoms. The van der Waals surface area contributed by atoms with E-state index in [9.17, 15) is 17.7 Å². The van der Waals surface area contributed by atoms with Crippen LogP contribution in [0.4, 0.5) is 17.7 Å². The maximum atomic E-state index is 11.8. The molecule has 1 rings (SSSR count). The van der Waals surface area contributed by atoms with Crippen molar-refractivity contribution in [3.05, 3.63) is 5.82 Å². The van der Waals surface area contributed by atoms with E-state index in [1.165, 1.54) is 0 Å². The van der Waals surface area contributed by atoms with Gasteiger partial charge in [0.25, 0.3) is 5.82 Å². The quantitative estimate of drug-likeness (QED) is 0.511. The van der Waals surface area contributed by atoms with Crippen LogP contribution in [0.2, 0.25) is 0 Å². The fourth-order valence-electron chi connectivity index (χ4n) is 0.338. The largest absolute Gasteiger partial charge is 0.456 e. The summed E-state index contributed by atoms with van der Waals surface area (Å²) >= 11 is 0. The van der Waals surface area contributed by atoms with Gasteiger partial charge in [0.2, 0.25) is 0 Å². The van der Waals surface area contributed by atoms with Gasteiger partial charge >= 0.3 is 6.18 Å². The third-order valence-corrected chi connectivity index (χ3v) is 0.686. The zero-order chi connectivity index (χ0) is 7.78. The number of halogens is 4. The lowest BCUT2D eigenvalue weighted by Crippen LogP contribution is -2.11. The van der Waals surface area contributed by atoms with Gasteiger partial charge in [-0.05, 0) is 15.3 Å². The highest BCUT2D eigenvalue weighted by molar-refractivity contribution is 4.83. The standard InChI is InChI=1S/C2F4N4/c3-2(4,5)1-7-8-9-10(1)6. The number of hydrogen-bond donors (Lipinski definition) is 0. The first-order chi connectivity index (χ1) is 4.52. The molecular formula is C2F4N4. The molecule has 0 radical (unpaired) electrons. The van der Waals surface area contributed by atoms with Crippen LogP contribution in [0.25, 0.3) is 0 Å². The van der Waals surface area contributed by atoms with Crippen LogP contribution in [0.1, 0.15) is 5.82 Å². The summed E-state index contributed by atoms with van der Waals surface area (Å²) in [5.41, 5.74) is 0. The fraction of sp³-hybridized carbons (Fsp3) is 0.500. The summed E-state index contributed by atoms with van der Waals surface area (Å²) in [6.45, 7) is 0. The summed E-state index contributed by atoms with van der Waals surface area (Å²) in [6, 6.07) is 0. The second-order valence-electron chi connectivity index (χ2n) is 1.36. The van der Waals surface area contributed by atoms with E-state index in [1.54, 1.807) is 0 Å². The normalized spacial score (nSPS) is 12.0. The Morgan fingerprint density at radius 3 is 2.10 bits per heavy atom. The first kappa shape index (κ1) is 6.90. The van der Waals surface area contributed by atoms with E-state index in [-0.39, 0.29) is 0 Å². The van der Waals surface area contributed by atoms with Crippen LogP contribution < -0.4 is 0 Å². The number of nitrogens with zero attached hydrogens (tertiary/aromatic N) is 4. The molecule has 0 aliphatic heterocycles. The highest BCUT2D eigenvalue weighted by atomic mass is 19.4. The van der Waals surface area contributed by atoms with E-state index in [2.05, 4.69) is 15.5 Å². The molecule has 1 heterocycles. The molecule has 0 aliphatic rings. The molecule has 0 saturated carbocycles. The smallest absolute Gasteiger partial charge is 0.163 e. The molecule has 0 aliphatic carbocycles. The van der Waals surface area contributed by atoms with Gasteiger partial charge in [0.1, 0.15) is 0 Å². The Labute approximate surface area is 51.4 Å². The van der Waals surface area contributed by atoms with Gasteiger partial charge in [-0.2, -0.15) is 13.2 Å². The molecule has 0 aromatic carbocycles. The van der Waals surface area contributed by atoms with Crippen molar-refractivity contribution < 1.29 is 17.7 Å². The van der Waals surface area contributed by atoms with Crippen LogP contribution in [-0.2, 0) is 6.18 Å². The second kappa shape index (κ2) is 1.89. The summed E-state index contributed by atoms with van der Waals surface area (Å²) in [5.74, 6) is -1.76. The SMILES string of the molecule is Fn1nnnc1C(F)(F)F. The minimum Gasteiger partial charge on any atom is -0.163 e. The Bertz CT molecular complexity index is 225. The topological polar surface area (TPSA) is 43.6 Å². The number of aromatic nitrogens is 4. The molecule has 0 amide bonds. The molecule has 0 N–H and O–H groups in total. The molecule has 0 unspecified atom stereocenters. The lowest BCUT2D eigenvalue weighted by molar-refractivity contribution is -0.152. The Kier molecular flexibility index (Phi) is 1.30. The van der Waals surface area contributed by atoms with Gasteiger partial charge in [0.05, 0.1) is 0 Å². The molecule has 0 bridgehead atoms. The molecule has 0 fully saturated rings. The Hall–Kier alpha value is -1.21. The maximum Gasteiger partial charge on any atom is 0.456 e. The number of tetrazole rings is 1. The summed E-state index contributed by atoms with van der Waals surface area (Å²) in [5, 5.41) is 7.20. The van der Waals surface area contributed by atoms with E-state index in [0.717, 1.165) is 0 Å². The van der Waals surface area contributed by atoms with Crippen molar-refractivity contribution in [1.82, 2.24) is 20.4 Å². The lowest BCUT2D eigenvalue weighted by Gasteiger charge is -1.98. The monoisotopic (exact) mass is 156 g/mol. The predicted molar refractivity (Wildman–Crippen MR) is 19.3 cm³/mol. The van der Waals surface area contributed by atoms with Crippen LogP contribution in [0, 0.1) is 0 Å². The predicted octanol–water partition coefficient (Wildman–Crippen LogP) is 0.424. The van der Waals surface area contributed by atoms with Gasteiger partial charge in [-0.1, -0.05) is 4.48 Å². The minimum absolute atomic E-state index is 0.931. The van der Waals surface area contributed by atoms with Crippen molar-refractivity contribution in [2.45, 2.75) is 6.18 Å². The Balaban J connectivity index is 3.05. The number of rotatable bonds is 0. The average molecular weight is 156 g/mol. The third kappa shape index (κ3) is 1.04. The van der Waals surface area contributed by atoms with Crippen molar-refractivity contribution in [2.24, 2.45) is 0 Å². The lowest BCUT2D eigenvalue weighted by atomic mass is 10.6. The van der Waals surface area contributed by atoms with Gasteiger partial charge in [-0.25, -0.2) is 0 Å². The van der Waals surface area contributed by atoms with Crippen molar-refractivity contribution in [3.8, 4) is 0 Å². The molecule has 0 saturated heterocycles. The van der Waals surface area contributed by atoms with Crippen molar-refractivity contribution in [2.75, 3.05) is 0 Å². The van der Waals surface area contributed by atoms with Crippen LogP contribution in [0.15, 0.2) is 0 Å². The first-order valence-corrected chi connectivity index (χ1v) is 2.03. The molecular weight excluding hydrogens is 156 g/mol. The summed E-state index contributed by atoms with van der Waals surface area (Å²) in [4.78, 5) is -0.931. The summed E-state index contributed by atoms with van der Waals surface area (Å²) in [7, 11) is 0. The molecule has 0 atom stereocenters. The van der Waals surface area contributed by atoms with Crippen LogP contribution in [-0.4, -0.2) is 20.4 Å². The molecule has 1 aromatic heterocycles. The van der Waals surface area contributed by atoms with Crippen molar-refractivity contribution >= 4 is 0 Å². The maximum absolute atomic E-state index is 11.8. The Morgan fingerprint density at radius 1 is 1.30 bits per heavy atom. The zero-order valence-corrected chi connectivity index (χ0v) is 4.30. The molecule has 0 spiro atoms. The van der Waals surface area contributed by atoms with E-state index in [0.29, 0.717) is 0 Å². The number of hydrogen-bond acceptors (Lipinski definition) is 3. The van der Waals surface area contributed by atoms with E-state index in [4.69, 9.17) is 0 Å². The van der Waals surface area contributed by atoms with Crippen molar-refractivity contribution in [1.29, 1.82) is 0 Å². The highest BCUT2D eigenvalue weighted by Crippen LogP contribution is 2.26. The fourth-order valence-corrected chi connectivity index (χ4v) is 0.338. The number of alkyl halides is 3. The minimum atomic E-state index is -4.84. The van der Waals surface area contributed by atoms with Gasteiger partial charge in [0, 0.05) is 0 Å². The average Bonchev–Trinajstić information content (AvgIpc) is 2.11. The molecule has 56 valence electrons. The highest BCUT2D eigenvalue weighted by Gasteiger charge is 2.38. The van der Waals surface area contributed by atoms with Gasteiger partial charge in [0.15, 0.2) is 0 Å². The van der Waals surface area contributed by atoms with E-state index >= 15 is 0 Å². The second-order valence-corrected chi connectivity index (χ2v) is 1.36. The zero-order valence-electron chi connectivity index (χ0n) is 4.30. The van der Waals surface area contributed by atoms with Crippen LogP contribution in [0.5, 0.6) is 0 Å². The van der Waals surface area contributed by atoms with Crippen LogP contribution >= 0.6 is 0 Å². The third-order valence-electron chi connectivity index (χ3n) is 0.686. The summed E-state index contributed by atoms with van der Waals surface area (Å²) in [6.07, 6.45) is -4.84. The first-order valence-electron chi connectivity index (χ1n) is 2.03. The van der Waals surface area contributed by atoms with Crippen molar-refractivity contribution in [3.63, 3.8) is 0 Å². The molecule has 4 nitrogen and oxygen atoms in total. The van der Waals surface area contributed by atoms with E-state index in [1.807, 2.05) is 0 Å². The van der Waals surface area contributed by atoms with Gasteiger partial charge in [-0.3, -0.25) is 0 Å². The van der Waals surface area contributed by atoms with E-state index < -0.39 is 16.9 Å². The van der Waals surface area contributed by atoms with Crippen LogP contribution in [0.3, 0.4) is 0 Å².